The van der Waals surface area contributed by atoms with Gasteiger partial charge in [-0.1, -0.05) is 0 Å². The largest absolute Gasteiger partial charge is 0.465 e. The van der Waals surface area contributed by atoms with Crippen LogP contribution in [0.5, 0.6) is 0 Å². The fraction of sp³-hybridized carbons (Fsp3) is 0.538. The minimum absolute atomic E-state index is 0.134. The highest BCUT2D eigenvalue weighted by Gasteiger charge is 2.15. The topological polar surface area (TPSA) is 62.0 Å². The summed E-state index contributed by atoms with van der Waals surface area (Å²) >= 11 is 3.19. The van der Waals surface area contributed by atoms with Crippen LogP contribution in [0.2, 0.25) is 0 Å². The predicted octanol–water partition coefficient (Wildman–Crippen LogP) is -0.687. The Morgan fingerprint density at radius 3 is 2.85 bits per heavy atom. The molecule has 7 heteroatoms. The summed E-state index contributed by atoms with van der Waals surface area (Å²) in [6.45, 7) is 4.82. The first-order chi connectivity index (χ1) is 9.61. The van der Waals surface area contributed by atoms with Gasteiger partial charge in [0.15, 0.2) is 0 Å². The Bertz CT molecular complexity index is 538. The Hall–Kier alpha value is -1.18. The van der Waals surface area contributed by atoms with E-state index in [1.165, 1.54) is 18.1 Å². The number of hydrogen-bond donors (Lipinski definition) is 1. The fourth-order valence-corrected chi connectivity index (χ4v) is 2.66. The molecule has 0 radical (unpaired) electrons. The second-order valence-electron chi connectivity index (χ2n) is 4.68. The SMILES string of the molecule is COC(=O)c1cc(Br)c(=O)n(CC[NH+]2CCOCC2)c1. The summed E-state index contributed by atoms with van der Waals surface area (Å²) in [4.78, 5) is 25.0. The van der Waals surface area contributed by atoms with Crippen LogP contribution < -0.4 is 10.5 Å². The maximum Gasteiger partial charge on any atom is 0.339 e. The van der Waals surface area contributed by atoms with Crippen molar-refractivity contribution in [1.29, 1.82) is 0 Å². The number of nitrogens with one attached hydrogen (secondary N) is 1. The lowest BCUT2D eigenvalue weighted by molar-refractivity contribution is -0.908. The Morgan fingerprint density at radius 1 is 1.50 bits per heavy atom. The maximum absolute atomic E-state index is 12.0. The van der Waals surface area contributed by atoms with Crippen LogP contribution >= 0.6 is 15.9 Å². The van der Waals surface area contributed by atoms with Gasteiger partial charge in [0, 0.05) is 6.20 Å². The van der Waals surface area contributed by atoms with E-state index < -0.39 is 5.97 Å². The van der Waals surface area contributed by atoms with E-state index >= 15 is 0 Å². The molecule has 1 fully saturated rings. The van der Waals surface area contributed by atoms with Crippen molar-refractivity contribution in [1.82, 2.24) is 4.57 Å². The molecule has 0 atom stereocenters. The van der Waals surface area contributed by atoms with Gasteiger partial charge in [-0.05, 0) is 22.0 Å². The first-order valence-electron chi connectivity index (χ1n) is 6.51. The van der Waals surface area contributed by atoms with E-state index in [0.29, 0.717) is 16.6 Å². The predicted molar refractivity (Wildman–Crippen MR) is 76.1 cm³/mol. The van der Waals surface area contributed by atoms with Crippen LogP contribution in [0.15, 0.2) is 21.5 Å². The molecule has 1 aromatic heterocycles. The normalized spacial score (nSPS) is 16.1. The number of esters is 1. The number of carbonyl (C=O) groups excluding carboxylic acids is 1. The number of pyridine rings is 1. The van der Waals surface area contributed by atoms with Crippen LogP contribution in [0.3, 0.4) is 0 Å². The molecule has 2 rings (SSSR count). The zero-order valence-corrected chi connectivity index (χ0v) is 12.9. The molecule has 0 aromatic carbocycles. The van der Waals surface area contributed by atoms with Crippen molar-refractivity contribution >= 4 is 21.9 Å². The van der Waals surface area contributed by atoms with Gasteiger partial charge >= 0.3 is 5.97 Å². The molecule has 6 nitrogen and oxygen atoms in total. The number of quaternary nitrogens is 1. The average Bonchev–Trinajstić information content (AvgIpc) is 2.48. The van der Waals surface area contributed by atoms with Gasteiger partial charge in [-0.2, -0.15) is 0 Å². The van der Waals surface area contributed by atoms with Gasteiger partial charge in [-0.3, -0.25) is 4.79 Å². The third-order valence-corrected chi connectivity index (χ3v) is 3.94. The lowest BCUT2D eigenvalue weighted by atomic mass is 10.3. The van der Waals surface area contributed by atoms with Crippen LogP contribution in [0.4, 0.5) is 0 Å². The molecular weight excluding hydrogens is 328 g/mol. The molecule has 2 heterocycles. The van der Waals surface area contributed by atoms with Crippen molar-refractivity contribution in [3.63, 3.8) is 0 Å². The molecular formula is C13H18BrN2O4+. The second kappa shape index (κ2) is 7.01. The maximum atomic E-state index is 12.0. The number of morpholine rings is 1. The van der Waals surface area contributed by atoms with Gasteiger partial charge in [0.2, 0.25) is 0 Å². The fourth-order valence-electron chi connectivity index (χ4n) is 2.18. The van der Waals surface area contributed by atoms with Gasteiger partial charge < -0.3 is 18.9 Å². The number of ether oxygens (including phenoxy) is 2. The van der Waals surface area contributed by atoms with Gasteiger partial charge in [0.1, 0.15) is 13.1 Å². The zero-order chi connectivity index (χ0) is 14.5. The molecule has 1 N–H and O–H groups in total. The van der Waals surface area contributed by atoms with Gasteiger partial charge in [-0.25, -0.2) is 4.79 Å². The number of hydrogen-bond acceptors (Lipinski definition) is 4. The summed E-state index contributed by atoms with van der Waals surface area (Å²) in [7, 11) is 1.32. The molecule has 0 amide bonds. The average molecular weight is 346 g/mol. The van der Waals surface area contributed by atoms with Crippen molar-refractivity contribution in [2.75, 3.05) is 40.0 Å². The third-order valence-electron chi connectivity index (χ3n) is 3.37. The smallest absolute Gasteiger partial charge is 0.339 e. The molecule has 0 aliphatic carbocycles. The molecule has 1 aliphatic rings. The summed E-state index contributed by atoms with van der Waals surface area (Å²) in [5.41, 5.74) is 0.237. The van der Waals surface area contributed by atoms with Crippen LogP contribution in [-0.2, 0) is 16.0 Å². The Morgan fingerprint density at radius 2 is 2.20 bits per heavy atom. The quantitative estimate of drug-likeness (QED) is 0.734. The molecule has 1 aromatic rings. The van der Waals surface area contributed by atoms with Gasteiger partial charge in [0.25, 0.3) is 5.56 Å². The van der Waals surface area contributed by atoms with Crippen molar-refractivity contribution in [3.05, 3.63) is 32.7 Å². The number of halogens is 1. The molecule has 110 valence electrons. The van der Waals surface area contributed by atoms with Crippen LogP contribution in [-0.4, -0.2) is 50.5 Å². The van der Waals surface area contributed by atoms with Gasteiger partial charge in [-0.15, -0.1) is 0 Å². The van der Waals surface area contributed by atoms with E-state index in [9.17, 15) is 9.59 Å². The molecule has 0 unspecified atom stereocenters. The highest BCUT2D eigenvalue weighted by atomic mass is 79.9. The minimum atomic E-state index is -0.446. The molecule has 20 heavy (non-hydrogen) atoms. The second-order valence-corrected chi connectivity index (χ2v) is 5.53. The summed E-state index contributed by atoms with van der Waals surface area (Å²) < 4.78 is 11.9. The van der Waals surface area contributed by atoms with E-state index in [1.54, 1.807) is 10.8 Å². The van der Waals surface area contributed by atoms with Crippen LogP contribution in [0, 0.1) is 0 Å². The molecule has 0 saturated carbocycles. The Kier molecular flexibility index (Phi) is 5.33. The van der Waals surface area contributed by atoms with Gasteiger partial charge in [0.05, 0.1) is 43.4 Å². The van der Waals surface area contributed by atoms with E-state index in [1.807, 2.05) is 0 Å². The van der Waals surface area contributed by atoms with Crippen LogP contribution in [0.25, 0.3) is 0 Å². The number of methoxy groups -OCH3 is 1. The molecule has 1 saturated heterocycles. The molecule has 0 bridgehead atoms. The first-order valence-corrected chi connectivity index (χ1v) is 7.30. The molecule has 0 spiro atoms. The zero-order valence-electron chi connectivity index (χ0n) is 11.4. The number of nitrogens with zero attached hydrogens (tertiary/aromatic N) is 1. The van der Waals surface area contributed by atoms with Crippen molar-refractivity contribution < 1.29 is 19.2 Å². The van der Waals surface area contributed by atoms with E-state index in [4.69, 9.17) is 4.74 Å². The van der Waals surface area contributed by atoms with Crippen molar-refractivity contribution in [2.45, 2.75) is 6.54 Å². The summed E-state index contributed by atoms with van der Waals surface area (Å²) in [5.74, 6) is -0.446. The highest BCUT2D eigenvalue weighted by molar-refractivity contribution is 9.10. The lowest BCUT2D eigenvalue weighted by Gasteiger charge is -2.24. The van der Waals surface area contributed by atoms with E-state index in [-0.39, 0.29) is 5.56 Å². The van der Waals surface area contributed by atoms with E-state index in [0.717, 1.165) is 32.8 Å². The number of rotatable bonds is 4. The van der Waals surface area contributed by atoms with Crippen LogP contribution in [0.1, 0.15) is 10.4 Å². The number of aromatic nitrogens is 1. The Labute approximate surface area is 125 Å². The summed E-state index contributed by atoms with van der Waals surface area (Å²) in [6.07, 6.45) is 1.55. The monoisotopic (exact) mass is 345 g/mol. The highest BCUT2D eigenvalue weighted by Crippen LogP contribution is 2.08. The van der Waals surface area contributed by atoms with Crippen molar-refractivity contribution in [2.24, 2.45) is 0 Å². The lowest BCUT2D eigenvalue weighted by Crippen LogP contribution is -3.14. The molecule has 1 aliphatic heterocycles. The Balaban J connectivity index is 2.11. The first kappa shape index (κ1) is 15.2. The summed E-state index contributed by atoms with van der Waals surface area (Å²) in [6, 6.07) is 1.49. The van der Waals surface area contributed by atoms with Crippen molar-refractivity contribution in [3.8, 4) is 0 Å². The van der Waals surface area contributed by atoms with E-state index in [2.05, 4.69) is 20.7 Å². The summed E-state index contributed by atoms with van der Waals surface area (Å²) in [5, 5.41) is 0. The minimum Gasteiger partial charge on any atom is -0.465 e. The number of carbonyl (C=O) groups is 1. The standard InChI is InChI=1S/C13H17BrN2O4/c1-19-13(18)10-8-11(14)12(17)16(9-10)3-2-15-4-6-20-7-5-15/h8-9H,2-7H2,1H3/p+1. The third kappa shape index (κ3) is 3.68.